The Hall–Kier alpha value is -2.70. The molecular formula is C17H21N3O4. The summed E-state index contributed by atoms with van der Waals surface area (Å²) in [5, 5.41) is 25.7. The van der Waals surface area contributed by atoms with E-state index in [4.69, 9.17) is 0 Å². The summed E-state index contributed by atoms with van der Waals surface area (Å²) < 4.78 is 0. The van der Waals surface area contributed by atoms with E-state index in [-0.39, 0.29) is 23.3 Å². The van der Waals surface area contributed by atoms with Crippen LogP contribution in [0, 0.1) is 0 Å². The Morgan fingerprint density at radius 3 is 2.58 bits per heavy atom. The molecule has 1 aromatic rings. The fraction of sp³-hybridized carbons (Fsp3) is 0.412. The number of phenolic OH excluding ortho intramolecular Hbond substituents is 2. The van der Waals surface area contributed by atoms with Crippen molar-refractivity contribution in [2.75, 3.05) is 13.1 Å². The number of urea groups is 1. The molecule has 0 aliphatic carbocycles. The van der Waals surface area contributed by atoms with Crippen molar-refractivity contribution in [1.82, 2.24) is 15.5 Å². The molecule has 7 nitrogen and oxygen atoms in total. The first-order valence-corrected chi connectivity index (χ1v) is 7.99. The number of carbonyl (C=O) groups excluding carboxylic acids is 2. The van der Waals surface area contributed by atoms with E-state index >= 15 is 0 Å². The normalized spacial score (nSPS) is 20.3. The third kappa shape index (κ3) is 2.46. The van der Waals surface area contributed by atoms with Crippen LogP contribution in [0.15, 0.2) is 23.4 Å². The molecule has 0 aromatic heterocycles. The fourth-order valence-corrected chi connectivity index (χ4v) is 3.22. The van der Waals surface area contributed by atoms with Gasteiger partial charge in [-0.2, -0.15) is 0 Å². The first kappa shape index (κ1) is 16.2. The van der Waals surface area contributed by atoms with Crippen LogP contribution in [0.25, 0.3) is 0 Å². The van der Waals surface area contributed by atoms with Crippen LogP contribution < -0.4 is 10.6 Å². The molecule has 0 bridgehead atoms. The van der Waals surface area contributed by atoms with Crippen LogP contribution in [0.5, 0.6) is 11.5 Å². The molecule has 7 heteroatoms. The number of benzene rings is 1. The van der Waals surface area contributed by atoms with Gasteiger partial charge in [-0.25, -0.2) is 4.79 Å². The number of likely N-dealkylation sites (N-methyl/N-ethyl adjacent to an activating group) is 1. The molecule has 0 spiro atoms. The van der Waals surface area contributed by atoms with Crippen molar-refractivity contribution >= 4 is 11.9 Å². The molecule has 2 heterocycles. The van der Waals surface area contributed by atoms with Gasteiger partial charge in [0.25, 0.3) is 5.91 Å². The van der Waals surface area contributed by atoms with Crippen LogP contribution >= 0.6 is 0 Å². The van der Waals surface area contributed by atoms with E-state index in [1.807, 2.05) is 20.8 Å². The Bertz CT molecular complexity index is 754. The highest BCUT2D eigenvalue weighted by atomic mass is 16.3. The maximum absolute atomic E-state index is 12.6. The molecule has 0 radical (unpaired) electrons. The monoisotopic (exact) mass is 331 g/mol. The fourth-order valence-electron chi connectivity index (χ4n) is 3.22. The molecule has 4 N–H and O–H groups in total. The van der Waals surface area contributed by atoms with E-state index in [9.17, 15) is 19.8 Å². The van der Waals surface area contributed by atoms with E-state index in [2.05, 4.69) is 10.6 Å². The zero-order valence-corrected chi connectivity index (χ0v) is 13.9. The molecular weight excluding hydrogens is 310 g/mol. The first-order valence-electron chi connectivity index (χ1n) is 7.99. The first-order chi connectivity index (χ1) is 11.3. The van der Waals surface area contributed by atoms with Gasteiger partial charge in [0.15, 0.2) is 0 Å². The van der Waals surface area contributed by atoms with Crippen molar-refractivity contribution in [3.8, 4) is 11.5 Å². The average molecular weight is 331 g/mol. The quantitative estimate of drug-likeness (QED) is 0.677. The molecule has 2 aliphatic heterocycles. The molecule has 3 rings (SSSR count). The number of rotatable bonds is 3. The highest BCUT2D eigenvalue weighted by Crippen LogP contribution is 2.40. The minimum Gasteiger partial charge on any atom is -0.508 e. The number of hydrogen-bond donors (Lipinski definition) is 4. The summed E-state index contributed by atoms with van der Waals surface area (Å²) in [5.41, 5.74) is 2.06. The zero-order valence-electron chi connectivity index (χ0n) is 13.9. The van der Waals surface area contributed by atoms with E-state index < -0.39 is 12.1 Å². The van der Waals surface area contributed by atoms with Crippen molar-refractivity contribution in [2.45, 2.75) is 32.7 Å². The van der Waals surface area contributed by atoms with Crippen molar-refractivity contribution in [1.29, 1.82) is 0 Å². The van der Waals surface area contributed by atoms with Gasteiger partial charge in [0.1, 0.15) is 11.5 Å². The number of carbonyl (C=O) groups is 2. The van der Waals surface area contributed by atoms with E-state index in [1.165, 1.54) is 6.07 Å². The lowest BCUT2D eigenvalue weighted by molar-refractivity contribution is -0.125. The van der Waals surface area contributed by atoms with Crippen LogP contribution in [0.4, 0.5) is 4.79 Å². The standard InChI is InChI=1S/C17H21N3O4/c1-4-20-7-11-14(16(20)23)15(19-17(24)18-11)10-5-9(8(2)3)12(21)6-13(10)22/h5-6,8,15,21-22H,4,7H2,1-3H3,(H2,18,19,24). The largest absolute Gasteiger partial charge is 0.508 e. The molecule has 128 valence electrons. The number of amides is 3. The van der Waals surface area contributed by atoms with Crippen molar-refractivity contribution in [2.24, 2.45) is 0 Å². The Balaban J connectivity index is 2.11. The van der Waals surface area contributed by atoms with E-state index in [0.717, 1.165) is 0 Å². The maximum Gasteiger partial charge on any atom is 0.319 e. The second kappa shape index (κ2) is 5.74. The summed E-state index contributed by atoms with van der Waals surface area (Å²) in [5.74, 6) is -0.294. The predicted molar refractivity (Wildman–Crippen MR) is 87.5 cm³/mol. The summed E-state index contributed by atoms with van der Waals surface area (Å²) in [4.78, 5) is 26.2. The van der Waals surface area contributed by atoms with E-state index in [0.29, 0.717) is 35.5 Å². The Kier molecular flexibility index (Phi) is 3.87. The van der Waals surface area contributed by atoms with Gasteiger partial charge in [-0.3, -0.25) is 4.79 Å². The number of hydrogen-bond acceptors (Lipinski definition) is 4. The third-order valence-electron chi connectivity index (χ3n) is 4.51. The van der Waals surface area contributed by atoms with Gasteiger partial charge in [-0.05, 0) is 24.5 Å². The van der Waals surface area contributed by atoms with Gasteiger partial charge < -0.3 is 25.7 Å². The Labute approximate surface area is 140 Å². The van der Waals surface area contributed by atoms with Crippen LogP contribution in [0.3, 0.4) is 0 Å². The molecule has 0 saturated heterocycles. The van der Waals surface area contributed by atoms with Crippen LogP contribution in [0.1, 0.15) is 43.9 Å². The second-order valence-electron chi connectivity index (χ2n) is 6.37. The smallest absolute Gasteiger partial charge is 0.319 e. The zero-order chi connectivity index (χ0) is 17.6. The second-order valence-corrected chi connectivity index (χ2v) is 6.37. The lowest BCUT2D eigenvalue weighted by Gasteiger charge is -2.27. The number of nitrogens with zero attached hydrogens (tertiary/aromatic N) is 1. The van der Waals surface area contributed by atoms with Crippen molar-refractivity contribution in [3.63, 3.8) is 0 Å². The predicted octanol–water partition coefficient (Wildman–Crippen LogP) is 1.69. The maximum atomic E-state index is 12.6. The Morgan fingerprint density at radius 2 is 1.96 bits per heavy atom. The highest BCUT2D eigenvalue weighted by molar-refractivity contribution is 6.01. The van der Waals surface area contributed by atoms with Crippen LogP contribution in [0.2, 0.25) is 0 Å². The Morgan fingerprint density at radius 1 is 1.25 bits per heavy atom. The van der Waals surface area contributed by atoms with Gasteiger partial charge in [0.2, 0.25) is 0 Å². The number of nitrogens with one attached hydrogen (secondary N) is 2. The molecule has 0 saturated carbocycles. The van der Waals surface area contributed by atoms with Crippen LogP contribution in [-0.4, -0.2) is 40.1 Å². The molecule has 3 amide bonds. The lowest BCUT2D eigenvalue weighted by Crippen LogP contribution is -2.44. The molecule has 1 unspecified atom stereocenters. The summed E-state index contributed by atoms with van der Waals surface area (Å²) in [6, 6.07) is 1.76. The molecule has 24 heavy (non-hydrogen) atoms. The minimum absolute atomic E-state index is 0.00588. The minimum atomic E-state index is -0.740. The van der Waals surface area contributed by atoms with Gasteiger partial charge in [-0.1, -0.05) is 13.8 Å². The summed E-state index contributed by atoms with van der Waals surface area (Å²) in [6.45, 7) is 6.59. The SMILES string of the molecule is CCN1CC2=C(C1=O)C(c1cc(C(C)C)c(O)cc1O)NC(=O)N2. The number of aromatic hydroxyl groups is 2. The molecule has 0 fully saturated rings. The van der Waals surface area contributed by atoms with Gasteiger partial charge in [0.05, 0.1) is 23.9 Å². The van der Waals surface area contributed by atoms with Gasteiger partial charge in [-0.15, -0.1) is 0 Å². The highest BCUT2D eigenvalue weighted by Gasteiger charge is 2.40. The number of phenols is 2. The van der Waals surface area contributed by atoms with Crippen molar-refractivity contribution < 1.29 is 19.8 Å². The lowest BCUT2D eigenvalue weighted by atomic mass is 9.91. The van der Waals surface area contributed by atoms with Gasteiger partial charge in [0, 0.05) is 18.2 Å². The van der Waals surface area contributed by atoms with Crippen molar-refractivity contribution in [3.05, 3.63) is 34.5 Å². The summed E-state index contributed by atoms with van der Waals surface area (Å²) in [7, 11) is 0. The third-order valence-corrected chi connectivity index (χ3v) is 4.51. The van der Waals surface area contributed by atoms with Crippen LogP contribution in [-0.2, 0) is 4.79 Å². The van der Waals surface area contributed by atoms with Gasteiger partial charge >= 0.3 is 6.03 Å². The summed E-state index contributed by atoms with van der Waals surface area (Å²) >= 11 is 0. The summed E-state index contributed by atoms with van der Waals surface area (Å²) in [6.07, 6.45) is 0. The topological polar surface area (TPSA) is 102 Å². The molecule has 1 atom stereocenters. The van der Waals surface area contributed by atoms with E-state index in [1.54, 1.807) is 11.0 Å². The molecule has 1 aromatic carbocycles. The molecule has 2 aliphatic rings. The average Bonchev–Trinajstić information content (AvgIpc) is 2.82.